The van der Waals surface area contributed by atoms with E-state index in [1.807, 2.05) is 0 Å². The molecule has 1 aliphatic heterocycles. The number of hydrazone groups is 1. The van der Waals surface area contributed by atoms with Crippen LogP contribution in [0.25, 0.3) is 11.1 Å². The Morgan fingerprint density at radius 2 is 1.39 bits per heavy atom. The number of hydrogen-bond acceptors (Lipinski definition) is 2. The molecule has 0 saturated heterocycles. The maximum Gasteiger partial charge on any atom is 0.120 e. The molecular weight excluding hydrogens is 420 g/mol. The smallest absolute Gasteiger partial charge is 0.120 e. The third-order valence-electron chi connectivity index (χ3n) is 7.60. The molecule has 1 atom stereocenters. The van der Waals surface area contributed by atoms with E-state index in [1.165, 1.54) is 65.5 Å². The SMILES string of the molecule is CC1=NN(C2CCCCC2)C(=S)[C@@]12C(c1ccccc1)=C(c1ccccc1)c1ccccc12. The minimum atomic E-state index is -0.504. The van der Waals surface area contributed by atoms with Crippen molar-refractivity contribution >= 4 is 34.1 Å². The highest BCUT2D eigenvalue weighted by Crippen LogP contribution is 2.57. The summed E-state index contributed by atoms with van der Waals surface area (Å²) in [5.41, 5.74) is 8.13. The third-order valence-corrected chi connectivity index (χ3v) is 8.09. The molecule has 2 nitrogen and oxygen atoms in total. The first-order valence-electron chi connectivity index (χ1n) is 12.1. The van der Waals surface area contributed by atoms with Crippen LogP contribution in [0.5, 0.6) is 0 Å². The molecule has 0 unspecified atom stereocenters. The molecular formula is C30H28N2S. The van der Waals surface area contributed by atoms with Gasteiger partial charge in [-0.05, 0) is 53.2 Å². The first kappa shape index (κ1) is 20.6. The quantitative estimate of drug-likeness (QED) is 0.392. The number of fused-ring (bicyclic) bond motifs is 2. The molecule has 33 heavy (non-hydrogen) atoms. The molecule has 3 aromatic rings. The van der Waals surface area contributed by atoms with Crippen LogP contribution in [-0.4, -0.2) is 21.8 Å². The summed E-state index contributed by atoms with van der Waals surface area (Å²) in [4.78, 5) is 0.948. The van der Waals surface area contributed by atoms with E-state index in [0.717, 1.165) is 10.7 Å². The molecule has 1 heterocycles. The Hall–Kier alpha value is -3.04. The average molecular weight is 449 g/mol. The average Bonchev–Trinajstić information content (AvgIpc) is 3.34. The molecule has 3 aliphatic rings. The molecule has 164 valence electrons. The second-order valence-corrected chi connectivity index (χ2v) is 9.79. The summed E-state index contributed by atoms with van der Waals surface area (Å²) in [6.45, 7) is 2.18. The third kappa shape index (κ3) is 2.99. The fourth-order valence-electron chi connectivity index (χ4n) is 6.13. The van der Waals surface area contributed by atoms with Crippen LogP contribution in [-0.2, 0) is 5.41 Å². The molecule has 0 radical (unpaired) electrons. The maximum absolute atomic E-state index is 6.40. The Balaban J connectivity index is 1.65. The van der Waals surface area contributed by atoms with Gasteiger partial charge in [-0.2, -0.15) is 5.10 Å². The van der Waals surface area contributed by atoms with Crippen molar-refractivity contribution in [3.8, 4) is 0 Å². The van der Waals surface area contributed by atoms with Crippen molar-refractivity contribution in [3.05, 3.63) is 107 Å². The summed E-state index contributed by atoms with van der Waals surface area (Å²) in [5.74, 6) is 0. The lowest BCUT2D eigenvalue weighted by molar-refractivity contribution is 0.257. The number of hydrogen-bond donors (Lipinski definition) is 0. The van der Waals surface area contributed by atoms with Gasteiger partial charge in [-0.1, -0.05) is 116 Å². The van der Waals surface area contributed by atoms with E-state index in [-0.39, 0.29) is 0 Å². The first-order valence-corrected chi connectivity index (χ1v) is 12.5. The molecule has 0 amide bonds. The van der Waals surface area contributed by atoms with Gasteiger partial charge in [0.15, 0.2) is 0 Å². The van der Waals surface area contributed by atoms with E-state index in [0.29, 0.717) is 6.04 Å². The van der Waals surface area contributed by atoms with Gasteiger partial charge in [-0.15, -0.1) is 0 Å². The summed E-state index contributed by atoms with van der Waals surface area (Å²) in [5, 5.41) is 7.43. The lowest BCUT2D eigenvalue weighted by atomic mass is 9.71. The minimum Gasteiger partial charge on any atom is -0.254 e. The predicted molar refractivity (Wildman–Crippen MR) is 141 cm³/mol. The Morgan fingerprint density at radius 3 is 2.09 bits per heavy atom. The zero-order valence-corrected chi connectivity index (χ0v) is 19.8. The molecule has 1 saturated carbocycles. The van der Waals surface area contributed by atoms with E-state index in [1.54, 1.807) is 0 Å². The maximum atomic E-state index is 6.40. The summed E-state index contributed by atoms with van der Waals surface area (Å²) in [6.07, 6.45) is 6.19. The number of rotatable bonds is 3. The van der Waals surface area contributed by atoms with Crippen LogP contribution in [0.1, 0.15) is 61.3 Å². The van der Waals surface area contributed by atoms with Gasteiger partial charge in [-0.25, -0.2) is 0 Å². The Morgan fingerprint density at radius 1 is 0.788 bits per heavy atom. The topological polar surface area (TPSA) is 15.6 Å². The van der Waals surface area contributed by atoms with Crippen LogP contribution >= 0.6 is 12.2 Å². The van der Waals surface area contributed by atoms with Gasteiger partial charge in [0.1, 0.15) is 10.4 Å². The molecule has 1 fully saturated rings. The number of nitrogens with zero attached hydrogens (tertiary/aromatic N) is 2. The van der Waals surface area contributed by atoms with Crippen molar-refractivity contribution in [2.45, 2.75) is 50.5 Å². The predicted octanol–water partition coefficient (Wildman–Crippen LogP) is 7.25. The fraction of sp³-hybridized carbons (Fsp3) is 0.267. The van der Waals surface area contributed by atoms with Crippen molar-refractivity contribution in [2.75, 3.05) is 0 Å². The van der Waals surface area contributed by atoms with Gasteiger partial charge >= 0.3 is 0 Å². The number of benzene rings is 3. The van der Waals surface area contributed by atoms with Crippen LogP contribution in [0.4, 0.5) is 0 Å². The molecule has 1 spiro atoms. The van der Waals surface area contributed by atoms with Gasteiger partial charge in [0.05, 0.1) is 11.8 Å². The monoisotopic (exact) mass is 448 g/mol. The van der Waals surface area contributed by atoms with E-state index in [2.05, 4.69) is 96.9 Å². The molecule has 0 N–H and O–H groups in total. The Bertz CT molecular complexity index is 1270. The molecule has 3 aromatic carbocycles. The largest absolute Gasteiger partial charge is 0.254 e. The molecule has 0 bridgehead atoms. The Labute approximate surface area is 201 Å². The molecule has 3 heteroatoms. The van der Waals surface area contributed by atoms with Crippen LogP contribution in [0, 0.1) is 0 Å². The van der Waals surface area contributed by atoms with Gasteiger partial charge in [-0.3, -0.25) is 5.01 Å². The first-order chi connectivity index (χ1) is 16.2. The fourth-order valence-corrected chi connectivity index (χ4v) is 6.68. The highest BCUT2D eigenvalue weighted by Gasteiger charge is 2.56. The summed E-state index contributed by atoms with van der Waals surface area (Å²) in [7, 11) is 0. The lowest BCUT2D eigenvalue weighted by Gasteiger charge is -2.35. The summed E-state index contributed by atoms with van der Waals surface area (Å²) < 4.78 is 0. The van der Waals surface area contributed by atoms with E-state index < -0.39 is 5.41 Å². The van der Waals surface area contributed by atoms with E-state index in [4.69, 9.17) is 17.3 Å². The van der Waals surface area contributed by atoms with Crippen molar-refractivity contribution in [3.63, 3.8) is 0 Å². The van der Waals surface area contributed by atoms with Crippen LogP contribution in [0.2, 0.25) is 0 Å². The standard InChI is InChI=1S/C30H28N2S/c1-21-30(29(33)32(31-21)24-17-9-4-10-18-24)26-20-12-11-19-25(26)27(22-13-5-2-6-14-22)28(30)23-15-7-3-8-16-23/h2-3,5-8,11-16,19-20,24H,4,9-10,17-18H2,1H3/t30-/m0/s1. The normalized spacial score (nSPS) is 22.8. The van der Waals surface area contributed by atoms with Crippen molar-refractivity contribution in [1.29, 1.82) is 0 Å². The van der Waals surface area contributed by atoms with Gasteiger partial charge in [0, 0.05) is 0 Å². The zero-order chi connectivity index (χ0) is 22.4. The van der Waals surface area contributed by atoms with E-state index in [9.17, 15) is 0 Å². The molecule has 6 rings (SSSR count). The number of thiocarbonyl (C=S) groups is 1. The van der Waals surface area contributed by atoms with Crippen molar-refractivity contribution < 1.29 is 0 Å². The highest BCUT2D eigenvalue weighted by atomic mass is 32.1. The molecule has 2 aliphatic carbocycles. The van der Waals surface area contributed by atoms with Crippen molar-refractivity contribution in [2.24, 2.45) is 5.10 Å². The summed E-state index contributed by atoms with van der Waals surface area (Å²) in [6, 6.07) is 30.8. The van der Waals surface area contributed by atoms with Crippen LogP contribution in [0.3, 0.4) is 0 Å². The van der Waals surface area contributed by atoms with Gasteiger partial charge in [0.25, 0.3) is 0 Å². The lowest BCUT2D eigenvalue weighted by Crippen LogP contribution is -2.45. The molecule has 0 aromatic heterocycles. The Kier molecular flexibility index (Phi) is 5.03. The highest BCUT2D eigenvalue weighted by molar-refractivity contribution is 7.80. The van der Waals surface area contributed by atoms with Crippen molar-refractivity contribution in [1.82, 2.24) is 5.01 Å². The van der Waals surface area contributed by atoms with Gasteiger partial charge in [0.2, 0.25) is 0 Å². The summed E-state index contributed by atoms with van der Waals surface area (Å²) >= 11 is 6.40. The van der Waals surface area contributed by atoms with Crippen LogP contribution in [0.15, 0.2) is 90.0 Å². The second-order valence-electron chi connectivity index (χ2n) is 9.40. The minimum absolute atomic E-state index is 0.408. The second kappa shape index (κ2) is 8.07. The van der Waals surface area contributed by atoms with E-state index >= 15 is 0 Å². The zero-order valence-electron chi connectivity index (χ0n) is 19.0. The van der Waals surface area contributed by atoms with Gasteiger partial charge < -0.3 is 0 Å². The van der Waals surface area contributed by atoms with Crippen LogP contribution < -0.4 is 0 Å².